The number of halogens is 1. The van der Waals surface area contributed by atoms with Gasteiger partial charge in [-0.15, -0.1) is 0 Å². The van der Waals surface area contributed by atoms with Crippen molar-refractivity contribution >= 4 is 29.1 Å². The maximum atomic E-state index is 12.3. The van der Waals surface area contributed by atoms with Crippen molar-refractivity contribution in [3.8, 4) is 11.3 Å². The Morgan fingerprint density at radius 2 is 1.97 bits per heavy atom. The van der Waals surface area contributed by atoms with Gasteiger partial charge in [-0.25, -0.2) is 0 Å². The van der Waals surface area contributed by atoms with Crippen molar-refractivity contribution in [3.63, 3.8) is 0 Å². The fourth-order valence-corrected chi connectivity index (χ4v) is 3.52. The van der Waals surface area contributed by atoms with Crippen molar-refractivity contribution in [2.75, 3.05) is 11.4 Å². The maximum absolute atomic E-state index is 12.3. The number of carbonyl (C=O) groups is 2. The number of hydrogen-bond acceptors (Lipinski definition) is 5. The molecule has 158 valence electrons. The molecule has 1 aliphatic rings. The summed E-state index contributed by atoms with van der Waals surface area (Å²) in [6.45, 7) is 2.55. The van der Waals surface area contributed by atoms with Crippen LogP contribution in [0.4, 0.5) is 5.69 Å². The average Bonchev–Trinajstić information content (AvgIpc) is 3.61. The highest BCUT2D eigenvalue weighted by molar-refractivity contribution is 6.34. The summed E-state index contributed by atoms with van der Waals surface area (Å²) in [5, 5.41) is 3.30. The van der Waals surface area contributed by atoms with Crippen LogP contribution in [0.1, 0.15) is 35.8 Å². The largest absolute Gasteiger partial charge is 0.346 e. The van der Waals surface area contributed by atoms with Crippen molar-refractivity contribution in [1.29, 1.82) is 0 Å². The average molecular weight is 436 g/mol. The van der Waals surface area contributed by atoms with Gasteiger partial charge in [-0.2, -0.15) is 0 Å². The fraction of sp³-hybridized carbons (Fsp3) is 0.261. The van der Waals surface area contributed by atoms with E-state index in [0.29, 0.717) is 46.7 Å². The van der Waals surface area contributed by atoms with E-state index in [0.717, 1.165) is 18.4 Å². The van der Waals surface area contributed by atoms with Gasteiger partial charge >= 0.3 is 0 Å². The van der Waals surface area contributed by atoms with Gasteiger partial charge in [0.05, 0.1) is 40.4 Å². The molecule has 0 saturated heterocycles. The van der Waals surface area contributed by atoms with Crippen LogP contribution >= 0.6 is 11.6 Å². The zero-order chi connectivity index (χ0) is 21.8. The zero-order valence-corrected chi connectivity index (χ0v) is 17.8. The van der Waals surface area contributed by atoms with Crippen LogP contribution in [0, 0.1) is 5.92 Å². The first-order valence-corrected chi connectivity index (χ1v) is 10.5. The van der Waals surface area contributed by atoms with Crippen LogP contribution in [0.15, 0.2) is 55.1 Å². The molecule has 7 nitrogen and oxygen atoms in total. The number of amides is 2. The molecule has 4 rings (SSSR count). The Morgan fingerprint density at radius 1 is 1.13 bits per heavy atom. The fourth-order valence-electron chi connectivity index (χ4n) is 3.23. The second kappa shape index (κ2) is 9.22. The summed E-state index contributed by atoms with van der Waals surface area (Å²) < 4.78 is 0. The minimum atomic E-state index is -0.241. The number of anilines is 1. The molecule has 0 radical (unpaired) electrons. The summed E-state index contributed by atoms with van der Waals surface area (Å²) in [6.07, 6.45) is 8.60. The number of nitrogens with zero attached hydrogens (tertiary/aromatic N) is 4. The molecule has 0 unspecified atom stereocenters. The van der Waals surface area contributed by atoms with Crippen LogP contribution in [0.3, 0.4) is 0 Å². The molecular weight excluding hydrogens is 414 g/mol. The van der Waals surface area contributed by atoms with Gasteiger partial charge in [0.25, 0.3) is 5.91 Å². The van der Waals surface area contributed by atoms with E-state index in [9.17, 15) is 9.59 Å². The predicted octanol–water partition coefficient (Wildman–Crippen LogP) is 3.88. The molecule has 31 heavy (non-hydrogen) atoms. The third kappa shape index (κ3) is 5.24. The van der Waals surface area contributed by atoms with Gasteiger partial charge in [-0.1, -0.05) is 17.7 Å². The summed E-state index contributed by atoms with van der Waals surface area (Å²) in [5.74, 6) is 0.306. The Morgan fingerprint density at radius 3 is 2.58 bits per heavy atom. The molecule has 1 saturated carbocycles. The molecule has 0 aliphatic heterocycles. The molecule has 1 aromatic carbocycles. The van der Waals surface area contributed by atoms with Crippen molar-refractivity contribution in [2.24, 2.45) is 5.92 Å². The third-order valence-electron chi connectivity index (χ3n) is 5.12. The number of nitrogens with one attached hydrogen (secondary N) is 1. The normalized spacial score (nSPS) is 13.0. The van der Waals surface area contributed by atoms with E-state index >= 15 is 0 Å². The van der Waals surface area contributed by atoms with Crippen LogP contribution in [0.5, 0.6) is 0 Å². The predicted molar refractivity (Wildman–Crippen MR) is 119 cm³/mol. The van der Waals surface area contributed by atoms with E-state index in [1.54, 1.807) is 48.6 Å². The van der Waals surface area contributed by atoms with Crippen molar-refractivity contribution < 1.29 is 9.59 Å². The van der Waals surface area contributed by atoms with Gasteiger partial charge in [-0.3, -0.25) is 24.5 Å². The summed E-state index contributed by atoms with van der Waals surface area (Å²) in [5.41, 5.74) is 3.34. The monoisotopic (exact) mass is 435 g/mol. The van der Waals surface area contributed by atoms with E-state index in [-0.39, 0.29) is 11.8 Å². The number of hydrogen-bond donors (Lipinski definition) is 1. The molecule has 0 spiro atoms. The van der Waals surface area contributed by atoms with Gasteiger partial charge < -0.3 is 10.2 Å². The van der Waals surface area contributed by atoms with E-state index in [4.69, 9.17) is 11.6 Å². The number of benzene rings is 1. The second-order valence-corrected chi connectivity index (χ2v) is 7.96. The third-order valence-corrected chi connectivity index (χ3v) is 5.43. The first-order valence-electron chi connectivity index (χ1n) is 10.1. The van der Waals surface area contributed by atoms with E-state index in [1.807, 2.05) is 12.1 Å². The standard InChI is InChI=1S/C23H22ClN5O2/c1-15(30)29(14-16-2-3-16)22-7-5-17(10-20(22)24)21-6-4-18(11-27-21)23(31)28-13-19-12-25-8-9-26-19/h4-12,16H,2-3,13-14H2,1H3,(H,28,31). The highest BCUT2D eigenvalue weighted by Crippen LogP contribution is 2.35. The van der Waals surface area contributed by atoms with Crippen LogP contribution in [0.2, 0.25) is 5.02 Å². The van der Waals surface area contributed by atoms with Crippen LogP contribution in [-0.2, 0) is 11.3 Å². The molecule has 3 aromatic rings. The van der Waals surface area contributed by atoms with E-state index in [1.165, 1.54) is 6.20 Å². The first-order chi connectivity index (χ1) is 15.0. The first kappa shape index (κ1) is 20.9. The lowest BCUT2D eigenvalue weighted by molar-refractivity contribution is -0.116. The molecule has 0 atom stereocenters. The molecule has 1 aliphatic carbocycles. The van der Waals surface area contributed by atoms with Crippen molar-refractivity contribution in [2.45, 2.75) is 26.3 Å². The van der Waals surface area contributed by atoms with Gasteiger partial charge in [0.1, 0.15) is 0 Å². The molecule has 1 fully saturated rings. The number of aromatic nitrogens is 3. The lowest BCUT2D eigenvalue weighted by Crippen LogP contribution is -2.30. The van der Waals surface area contributed by atoms with Gasteiger partial charge in [0.2, 0.25) is 5.91 Å². The van der Waals surface area contributed by atoms with Crippen LogP contribution < -0.4 is 10.2 Å². The van der Waals surface area contributed by atoms with Gasteiger partial charge in [0.15, 0.2) is 0 Å². The summed E-state index contributed by atoms with van der Waals surface area (Å²) in [4.78, 5) is 38.7. The van der Waals surface area contributed by atoms with E-state index in [2.05, 4.69) is 20.3 Å². The van der Waals surface area contributed by atoms with Crippen molar-refractivity contribution in [3.05, 3.63) is 71.4 Å². The number of rotatable bonds is 7. The Kier molecular flexibility index (Phi) is 6.23. The maximum Gasteiger partial charge on any atom is 0.253 e. The summed E-state index contributed by atoms with van der Waals surface area (Å²) >= 11 is 6.51. The lowest BCUT2D eigenvalue weighted by atomic mass is 10.1. The smallest absolute Gasteiger partial charge is 0.253 e. The zero-order valence-electron chi connectivity index (χ0n) is 17.1. The minimum Gasteiger partial charge on any atom is -0.346 e. The summed E-state index contributed by atoms with van der Waals surface area (Å²) in [6, 6.07) is 9.03. The Hall–Kier alpha value is -3.32. The Labute approximate surface area is 185 Å². The second-order valence-electron chi connectivity index (χ2n) is 7.55. The minimum absolute atomic E-state index is 0.0171. The van der Waals surface area contributed by atoms with Gasteiger partial charge in [-0.05, 0) is 43.0 Å². The van der Waals surface area contributed by atoms with Gasteiger partial charge in [0, 0.05) is 37.6 Å². The summed E-state index contributed by atoms with van der Waals surface area (Å²) in [7, 11) is 0. The van der Waals surface area contributed by atoms with E-state index < -0.39 is 0 Å². The molecule has 2 aromatic heterocycles. The molecule has 2 amide bonds. The highest BCUT2D eigenvalue weighted by atomic mass is 35.5. The van der Waals surface area contributed by atoms with Crippen LogP contribution in [-0.4, -0.2) is 33.3 Å². The van der Waals surface area contributed by atoms with Crippen molar-refractivity contribution in [1.82, 2.24) is 20.3 Å². The topological polar surface area (TPSA) is 88.1 Å². The molecule has 1 N–H and O–H groups in total. The highest BCUT2D eigenvalue weighted by Gasteiger charge is 2.27. The Bertz CT molecular complexity index is 1080. The number of pyridine rings is 1. The van der Waals surface area contributed by atoms with Crippen LogP contribution in [0.25, 0.3) is 11.3 Å². The SMILES string of the molecule is CC(=O)N(CC1CC1)c1ccc(-c2ccc(C(=O)NCc3cnccn3)cn2)cc1Cl. The molecule has 8 heteroatoms. The quantitative estimate of drug-likeness (QED) is 0.608. The molecule has 2 heterocycles. The Balaban J connectivity index is 1.45. The number of carbonyl (C=O) groups excluding carboxylic acids is 2. The molecule has 0 bridgehead atoms. The molecular formula is C23H22ClN5O2. The lowest BCUT2D eigenvalue weighted by Gasteiger charge is -2.22.